The van der Waals surface area contributed by atoms with Crippen molar-refractivity contribution in [3.05, 3.63) is 35.1 Å². The van der Waals surface area contributed by atoms with E-state index in [-0.39, 0.29) is 11.8 Å². The zero-order chi connectivity index (χ0) is 20.4. The summed E-state index contributed by atoms with van der Waals surface area (Å²) in [5.74, 6) is 0.373. The minimum absolute atomic E-state index is 0.152. The van der Waals surface area contributed by atoms with Gasteiger partial charge in [0.25, 0.3) is 0 Å². The second-order valence-electron chi connectivity index (χ2n) is 6.85. The molecule has 0 bridgehead atoms. The highest BCUT2D eigenvalue weighted by Gasteiger charge is 2.31. The number of hydrogen-bond acceptors (Lipinski definition) is 5. The van der Waals surface area contributed by atoms with Crippen molar-refractivity contribution in [2.24, 2.45) is 0 Å². The highest BCUT2D eigenvalue weighted by molar-refractivity contribution is 6.30. The van der Waals surface area contributed by atoms with Crippen LogP contribution in [0.15, 0.2) is 24.4 Å². The van der Waals surface area contributed by atoms with Gasteiger partial charge in [-0.2, -0.15) is 13.2 Å². The largest absolute Gasteiger partial charge is 0.416 e. The van der Waals surface area contributed by atoms with Gasteiger partial charge in [-0.1, -0.05) is 11.6 Å². The van der Waals surface area contributed by atoms with Gasteiger partial charge in [-0.25, -0.2) is 9.97 Å². The molecule has 29 heavy (non-hydrogen) atoms. The minimum atomic E-state index is -4.45. The summed E-state index contributed by atoms with van der Waals surface area (Å²) in [5, 5.41) is 3.43. The summed E-state index contributed by atoms with van der Waals surface area (Å²) in [6.07, 6.45) is 0.592. The number of rotatable bonds is 6. The molecule has 1 saturated heterocycles. The van der Waals surface area contributed by atoms with Crippen LogP contribution in [0.4, 0.5) is 19.0 Å². The van der Waals surface area contributed by atoms with E-state index >= 15 is 0 Å². The van der Waals surface area contributed by atoms with Crippen LogP contribution in [0.5, 0.6) is 0 Å². The maximum Gasteiger partial charge on any atom is 0.416 e. The molecule has 156 valence electrons. The van der Waals surface area contributed by atoms with Gasteiger partial charge in [-0.3, -0.25) is 4.40 Å². The highest BCUT2D eigenvalue weighted by Crippen LogP contribution is 2.32. The third-order valence-corrected chi connectivity index (χ3v) is 5.03. The van der Waals surface area contributed by atoms with Crippen molar-refractivity contribution in [2.45, 2.75) is 38.1 Å². The third kappa shape index (κ3) is 4.41. The van der Waals surface area contributed by atoms with Crippen LogP contribution in [0, 0.1) is 0 Å². The molecule has 1 N–H and O–H groups in total. The average Bonchev–Trinajstić information content (AvgIpc) is 3.09. The van der Waals surface area contributed by atoms with Crippen LogP contribution in [0.2, 0.25) is 5.15 Å². The molecule has 1 fully saturated rings. The van der Waals surface area contributed by atoms with Gasteiger partial charge in [-0.15, -0.1) is 0 Å². The Bertz CT molecular complexity index is 1000. The van der Waals surface area contributed by atoms with Crippen molar-refractivity contribution in [2.75, 3.05) is 25.1 Å². The van der Waals surface area contributed by atoms with Crippen molar-refractivity contribution in [1.29, 1.82) is 0 Å². The highest BCUT2D eigenvalue weighted by atomic mass is 35.5. The van der Waals surface area contributed by atoms with Gasteiger partial charge in [0.2, 0.25) is 0 Å². The molecule has 0 radical (unpaired) electrons. The maximum atomic E-state index is 13.1. The lowest BCUT2D eigenvalue weighted by Crippen LogP contribution is -2.23. The normalized spacial score (nSPS) is 17.9. The first-order valence-electron chi connectivity index (χ1n) is 9.44. The predicted molar refractivity (Wildman–Crippen MR) is 103 cm³/mol. The SMILES string of the molecule is FC(F)(F)c1ccc2c(c1)nc(NCCCOC1CCCCO1)c1ncc(Cl)n12. The molecule has 3 heterocycles. The van der Waals surface area contributed by atoms with E-state index in [2.05, 4.69) is 15.3 Å². The number of hydrogen-bond donors (Lipinski definition) is 1. The van der Waals surface area contributed by atoms with Gasteiger partial charge in [0, 0.05) is 13.2 Å². The fourth-order valence-electron chi connectivity index (χ4n) is 3.33. The van der Waals surface area contributed by atoms with E-state index < -0.39 is 11.7 Å². The van der Waals surface area contributed by atoms with Crippen molar-refractivity contribution < 1.29 is 22.6 Å². The van der Waals surface area contributed by atoms with Crippen LogP contribution < -0.4 is 5.32 Å². The van der Waals surface area contributed by atoms with Crippen LogP contribution >= 0.6 is 11.6 Å². The molecule has 1 unspecified atom stereocenters. The van der Waals surface area contributed by atoms with Crippen molar-refractivity contribution in [3.63, 3.8) is 0 Å². The first-order chi connectivity index (χ1) is 13.9. The maximum absolute atomic E-state index is 13.1. The molecule has 2 aromatic heterocycles. The first-order valence-corrected chi connectivity index (χ1v) is 9.82. The molecule has 6 nitrogen and oxygen atoms in total. The summed E-state index contributed by atoms with van der Waals surface area (Å²) in [6, 6.07) is 3.38. The lowest BCUT2D eigenvalue weighted by Gasteiger charge is -2.22. The Balaban J connectivity index is 1.51. The van der Waals surface area contributed by atoms with Crippen LogP contribution in [0.1, 0.15) is 31.2 Å². The smallest absolute Gasteiger partial charge is 0.367 e. The zero-order valence-electron chi connectivity index (χ0n) is 15.5. The fourth-order valence-corrected chi connectivity index (χ4v) is 3.55. The van der Waals surface area contributed by atoms with Gasteiger partial charge in [0.1, 0.15) is 5.15 Å². The van der Waals surface area contributed by atoms with Crippen molar-refractivity contribution >= 4 is 34.1 Å². The second kappa shape index (κ2) is 8.33. The molecule has 10 heteroatoms. The summed E-state index contributed by atoms with van der Waals surface area (Å²) >= 11 is 6.21. The summed E-state index contributed by atoms with van der Waals surface area (Å²) < 4.78 is 52.0. The van der Waals surface area contributed by atoms with Gasteiger partial charge in [0.05, 0.1) is 29.4 Å². The molecule has 1 aromatic carbocycles. The van der Waals surface area contributed by atoms with Crippen molar-refractivity contribution in [3.8, 4) is 0 Å². The number of nitrogens with zero attached hydrogens (tertiary/aromatic N) is 3. The molecule has 1 aliphatic rings. The topological polar surface area (TPSA) is 60.7 Å². The minimum Gasteiger partial charge on any atom is -0.367 e. The molecule has 4 rings (SSSR count). The molecule has 0 saturated carbocycles. The van der Waals surface area contributed by atoms with E-state index in [1.807, 2.05) is 0 Å². The fraction of sp³-hybridized carbons (Fsp3) is 0.474. The van der Waals surface area contributed by atoms with Crippen LogP contribution in [0.3, 0.4) is 0 Å². The standard InChI is InChI=1S/C19H20ClF3N4O2/c20-15-11-25-18-17(24-7-3-9-29-16-4-1-2-8-28-16)26-13-10-12(19(21,22)23)5-6-14(13)27(15)18/h5-6,10-11,16H,1-4,7-9H2,(H,24,26). The second-order valence-corrected chi connectivity index (χ2v) is 7.24. The summed E-state index contributed by atoms with van der Waals surface area (Å²) in [5.41, 5.74) is 0.333. The number of aromatic nitrogens is 3. The Kier molecular flexibility index (Phi) is 5.80. The molecular weight excluding hydrogens is 409 g/mol. The van der Waals surface area contributed by atoms with Crippen LogP contribution in [0.25, 0.3) is 16.7 Å². The van der Waals surface area contributed by atoms with Gasteiger partial charge >= 0.3 is 6.18 Å². The number of benzene rings is 1. The summed E-state index contributed by atoms with van der Waals surface area (Å²) in [4.78, 5) is 8.60. The molecule has 0 spiro atoms. The Morgan fingerprint density at radius 2 is 2.17 bits per heavy atom. The van der Waals surface area contributed by atoms with Crippen LogP contribution in [-0.2, 0) is 15.7 Å². The first kappa shape index (κ1) is 20.2. The molecular formula is C19H20ClF3N4O2. The van der Waals surface area contributed by atoms with Gasteiger partial charge < -0.3 is 14.8 Å². The van der Waals surface area contributed by atoms with E-state index in [0.29, 0.717) is 41.7 Å². The number of fused-ring (bicyclic) bond motifs is 3. The number of nitrogens with one attached hydrogen (secondary N) is 1. The number of alkyl halides is 3. The van der Waals surface area contributed by atoms with E-state index in [9.17, 15) is 13.2 Å². The van der Waals surface area contributed by atoms with Gasteiger partial charge in [0.15, 0.2) is 17.8 Å². The van der Waals surface area contributed by atoms with E-state index in [4.69, 9.17) is 21.1 Å². The number of anilines is 1. The zero-order valence-corrected chi connectivity index (χ0v) is 16.3. The predicted octanol–water partition coefficient (Wildman–Crippen LogP) is 4.90. The number of halogens is 4. The number of imidazole rings is 1. The van der Waals surface area contributed by atoms with Crippen LogP contribution in [-0.4, -0.2) is 40.4 Å². The lowest BCUT2D eigenvalue weighted by molar-refractivity contribution is -0.162. The Labute approximate surface area is 170 Å². The van der Waals surface area contributed by atoms with E-state index in [1.54, 1.807) is 4.40 Å². The Morgan fingerprint density at radius 3 is 2.93 bits per heavy atom. The Hall–Kier alpha value is -2.10. The van der Waals surface area contributed by atoms with Crippen molar-refractivity contribution in [1.82, 2.24) is 14.4 Å². The van der Waals surface area contributed by atoms with E-state index in [0.717, 1.165) is 38.0 Å². The monoisotopic (exact) mass is 428 g/mol. The van der Waals surface area contributed by atoms with Gasteiger partial charge in [-0.05, 0) is 43.9 Å². The lowest BCUT2D eigenvalue weighted by atomic mass is 10.2. The Morgan fingerprint density at radius 1 is 1.31 bits per heavy atom. The quantitative estimate of drug-likeness (QED) is 0.566. The molecule has 1 atom stereocenters. The molecule has 3 aromatic rings. The third-order valence-electron chi connectivity index (χ3n) is 4.76. The summed E-state index contributed by atoms with van der Waals surface area (Å²) in [6.45, 7) is 1.75. The molecule has 1 aliphatic heterocycles. The molecule has 0 amide bonds. The average molecular weight is 429 g/mol. The van der Waals surface area contributed by atoms with E-state index in [1.165, 1.54) is 12.3 Å². The summed E-state index contributed by atoms with van der Waals surface area (Å²) in [7, 11) is 0. The number of ether oxygens (including phenoxy) is 2. The molecule has 0 aliphatic carbocycles.